The van der Waals surface area contributed by atoms with Crippen LogP contribution in [0.4, 0.5) is 0 Å². The largest absolute Gasteiger partial charge is 0.302 e. The molecule has 0 radical (unpaired) electrons. The van der Waals surface area contributed by atoms with Crippen LogP contribution >= 0.6 is 0 Å². The summed E-state index contributed by atoms with van der Waals surface area (Å²) in [6.45, 7) is 7.58. The van der Waals surface area contributed by atoms with Gasteiger partial charge in [0, 0.05) is 12.6 Å². The van der Waals surface area contributed by atoms with Gasteiger partial charge in [-0.05, 0) is 39.8 Å². The fraction of sp³-hybridized carbons (Fsp3) is 0.900. The van der Waals surface area contributed by atoms with Crippen LogP contribution in [0.2, 0.25) is 0 Å². The summed E-state index contributed by atoms with van der Waals surface area (Å²) < 4.78 is 0. The van der Waals surface area contributed by atoms with E-state index in [0.717, 1.165) is 6.54 Å². The highest BCUT2D eigenvalue weighted by atomic mass is 15.2. The lowest BCUT2D eigenvalue weighted by Crippen LogP contribution is -2.41. The summed E-state index contributed by atoms with van der Waals surface area (Å²) in [6.07, 6.45) is 2.67. The molecule has 1 N–H and O–H groups in total. The van der Waals surface area contributed by atoms with Gasteiger partial charge in [0.2, 0.25) is 0 Å². The normalized spacial score (nSPS) is 22.5. The van der Waals surface area contributed by atoms with E-state index in [2.05, 4.69) is 23.2 Å². The summed E-state index contributed by atoms with van der Waals surface area (Å²) in [5.74, 6) is 0. The average Bonchev–Trinajstić information content (AvgIpc) is 2.56. The van der Waals surface area contributed by atoms with Crippen molar-refractivity contribution in [1.82, 2.24) is 10.2 Å². The topological polar surface area (TPSA) is 39.1 Å². The predicted molar refractivity (Wildman–Crippen MR) is 53.3 cm³/mol. The lowest BCUT2D eigenvalue weighted by Gasteiger charge is -2.22. The molecule has 1 saturated heterocycles. The van der Waals surface area contributed by atoms with Crippen molar-refractivity contribution in [3.8, 4) is 6.07 Å². The zero-order valence-electron chi connectivity index (χ0n) is 8.58. The Balaban J connectivity index is 2.16. The molecule has 0 aromatic carbocycles. The van der Waals surface area contributed by atoms with Crippen molar-refractivity contribution in [3.63, 3.8) is 0 Å². The Bertz CT molecular complexity index is 179. The molecule has 1 heterocycles. The zero-order chi connectivity index (χ0) is 9.68. The molecule has 0 amide bonds. The van der Waals surface area contributed by atoms with Crippen molar-refractivity contribution >= 4 is 0 Å². The SMILES string of the molecule is CC(C#N)NC(C)CN1CCCC1. The highest BCUT2D eigenvalue weighted by molar-refractivity contribution is 4.88. The quantitative estimate of drug-likeness (QED) is 0.702. The van der Waals surface area contributed by atoms with Gasteiger partial charge in [0.05, 0.1) is 12.1 Å². The molecule has 1 aliphatic heterocycles. The van der Waals surface area contributed by atoms with Crippen LogP contribution in [-0.2, 0) is 0 Å². The third kappa shape index (κ3) is 3.75. The molecular formula is C10H19N3. The average molecular weight is 181 g/mol. The standard InChI is InChI=1S/C10H19N3/c1-9(7-11)12-10(2)8-13-5-3-4-6-13/h9-10,12H,3-6,8H2,1-2H3. The number of nitriles is 1. The molecule has 1 rings (SSSR count). The third-order valence-electron chi connectivity index (χ3n) is 2.46. The Morgan fingerprint density at radius 1 is 1.38 bits per heavy atom. The minimum Gasteiger partial charge on any atom is -0.302 e. The van der Waals surface area contributed by atoms with Gasteiger partial charge in [0.25, 0.3) is 0 Å². The first-order valence-corrected chi connectivity index (χ1v) is 5.10. The van der Waals surface area contributed by atoms with Gasteiger partial charge < -0.3 is 4.90 Å². The summed E-state index contributed by atoms with van der Waals surface area (Å²) >= 11 is 0. The molecule has 0 aromatic rings. The number of nitrogens with one attached hydrogen (secondary N) is 1. The van der Waals surface area contributed by atoms with E-state index >= 15 is 0 Å². The maximum Gasteiger partial charge on any atom is 0.0926 e. The Hall–Kier alpha value is -0.590. The minimum absolute atomic E-state index is 0.0300. The van der Waals surface area contributed by atoms with Gasteiger partial charge >= 0.3 is 0 Å². The van der Waals surface area contributed by atoms with Crippen molar-refractivity contribution in [2.75, 3.05) is 19.6 Å². The Morgan fingerprint density at radius 3 is 2.54 bits per heavy atom. The molecule has 0 aliphatic carbocycles. The minimum atomic E-state index is -0.0300. The number of hydrogen-bond acceptors (Lipinski definition) is 3. The first-order chi connectivity index (χ1) is 6.22. The van der Waals surface area contributed by atoms with Crippen LogP contribution in [0.3, 0.4) is 0 Å². The predicted octanol–water partition coefficient (Wildman–Crippen LogP) is 0.972. The molecule has 3 heteroatoms. The summed E-state index contributed by atoms with van der Waals surface area (Å²) in [5, 5.41) is 11.9. The fourth-order valence-corrected chi connectivity index (χ4v) is 1.87. The number of rotatable bonds is 4. The van der Waals surface area contributed by atoms with Gasteiger partial charge in [-0.2, -0.15) is 5.26 Å². The second-order valence-electron chi connectivity index (χ2n) is 3.93. The molecule has 2 unspecified atom stereocenters. The molecule has 1 aliphatic rings. The summed E-state index contributed by atoms with van der Waals surface area (Å²) in [4.78, 5) is 2.46. The van der Waals surface area contributed by atoms with E-state index in [-0.39, 0.29) is 6.04 Å². The van der Waals surface area contributed by atoms with E-state index in [0.29, 0.717) is 6.04 Å². The van der Waals surface area contributed by atoms with E-state index in [1.807, 2.05) is 6.92 Å². The molecular weight excluding hydrogens is 162 g/mol. The van der Waals surface area contributed by atoms with Gasteiger partial charge in [0.1, 0.15) is 0 Å². The third-order valence-corrected chi connectivity index (χ3v) is 2.46. The van der Waals surface area contributed by atoms with Crippen molar-refractivity contribution in [2.24, 2.45) is 0 Å². The second kappa shape index (κ2) is 5.21. The van der Waals surface area contributed by atoms with Crippen LogP contribution < -0.4 is 5.32 Å². The first-order valence-electron chi connectivity index (χ1n) is 5.10. The summed E-state index contributed by atoms with van der Waals surface area (Å²) in [7, 11) is 0. The van der Waals surface area contributed by atoms with E-state index in [1.165, 1.54) is 25.9 Å². The number of nitrogens with zero attached hydrogens (tertiary/aromatic N) is 2. The van der Waals surface area contributed by atoms with Crippen molar-refractivity contribution in [3.05, 3.63) is 0 Å². The van der Waals surface area contributed by atoms with E-state index in [4.69, 9.17) is 5.26 Å². The highest BCUT2D eigenvalue weighted by Crippen LogP contribution is 2.07. The van der Waals surface area contributed by atoms with Gasteiger partial charge in [-0.3, -0.25) is 5.32 Å². The maximum atomic E-state index is 8.62. The van der Waals surface area contributed by atoms with E-state index in [1.54, 1.807) is 0 Å². The van der Waals surface area contributed by atoms with Crippen LogP contribution in [0.15, 0.2) is 0 Å². The van der Waals surface area contributed by atoms with Crippen LogP contribution in [0.5, 0.6) is 0 Å². The second-order valence-corrected chi connectivity index (χ2v) is 3.93. The molecule has 0 saturated carbocycles. The van der Waals surface area contributed by atoms with Crippen molar-refractivity contribution in [2.45, 2.75) is 38.8 Å². The van der Waals surface area contributed by atoms with Crippen molar-refractivity contribution < 1.29 is 0 Å². The summed E-state index contributed by atoms with van der Waals surface area (Å²) in [6, 6.07) is 2.58. The maximum absolute atomic E-state index is 8.62. The highest BCUT2D eigenvalue weighted by Gasteiger charge is 2.15. The van der Waals surface area contributed by atoms with E-state index in [9.17, 15) is 0 Å². The van der Waals surface area contributed by atoms with Gasteiger partial charge in [-0.25, -0.2) is 0 Å². The molecule has 13 heavy (non-hydrogen) atoms. The lowest BCUT2D eigenvalue weighted by atomic mass is 10.2. The first kappa shape index (κ1) is 10.5. The van der Waals surface area contributed by atoms with Gasteiger partial charge in [0.15, 0.2) is 0 Å². The zero-order valence-corrected chi connectivity index (χ0v) is 8.58. The Kier molecular flexibility index (Phi) is 4.20. The van der Waals surface area contributed by atoms with Crippen molar-refractivity contribution in [1.29, 1.82) is 5.26 Å². The Labute approximate surface area is 80.7 Å². The van der Waals surface area contributed by atoms with E-state index < -0.39 is 0 Å². The molecule has 0 aromatic heterocycles. The summed E-state index contributed by atoms with van der Waals surface area (Å²) in [5.41, 5.74) is 0. The lowest BCUT2D eigenvalue weighted by molar-refractivity contribution is 0.295. The molecule has 2 atom stereocenters. The van der Waals surface area contributed by atoms with Gasteiger partial charge in [-0.15, -0.1) is 0 Å². The molecule has 0 spiro atoms. The van der Waals surface area contributed by atoms with Crippen LogP contribution in [0, 0.1) is 11.3 Å². The molecule has 3 nitrogen and oxygen atoms in total. The molecule has 1 fully saturated rings. The molecule has 74 valence electrons. The number of hydrogen-bond donors (Lipinski definition) is 1. The Morgan fingerprint density at radius 2 is 2.00 bits per heavy atom. The van der Waals surface area contributed by atoms with Gasteiger partial charge in [-0.1, -0.05) is 0 Å². The van der Waals surface area contributed by atoms with Crippen LogP contribution in [-0.4, -0.2) is 36.6 Å². The monoisotopic (exact) mass is 181 g/mol. The van der Waals surface area contributed by atoms with Crippen LogP contribution in [0.1, 0.15) is 26.7 Å². The molecule has 0 bridgehead atoms. The fourth-order valence-electron chi connectivity index (χ4n) is 1.87. The van der Waals surface area contributed by atoms with Crippen LogP contribution in [0.25, 0.3) is 0 Å². The smallest absolute Gasteiger partial charge is 0.0926 e. The number of likely N-dealkylation sites (tertiary alicyclic amines) is 1.